The molecule has 0 atom stereocenters. The van der Waals surface area contributed by atoms with Crippen molar-refractivity contribution in [1.82, 2.24) is 0 Å². The minimum absolute atomic E-state index is 0.188. The summed E-state index contributed by atoms with van der Waals surface area (Å²) in [5.41, 5.74) is 2.00. The van der Waals surface area contributed by atoms with E-state index < -0.39 is 0 Å². The van der Waals surface area contributed by atoms with Crippen LogP contribution in [-0.2, 0) is 0 Å². The van der Waals surface area contributed by atoms with Crippen LogP contribution in [0.25, 0.3) is 6.08 Å². The standard InChI is InChI=1S/C11H12ClF/c1-9-8-11(13)6-5-10(9)4-2-3-7-12/h2,4-6,8H,3,7H2,1H3/b4-2+. The van der Waals surface area contributed by atoms with Gasteiger partial charge in [0, 0.05) is 5.88 Å². The molecule has 0 bridgehead atoms. The molecule has 0 saturated heterocycles. The average molecular weight is 199 g/mol. The van der Waals surface area contributed by atoms with Crippen LogP contribution in [0, 0.1) is 12.7 Å². The number of hydrogen-bond donors (Lipinski definition) is 0. The number of hydrogen-bond acceptors (Lipinski definition) is 0. The first-order valence-corrected chi connectivity index (χ1v) is 4.76. The largest absolute Gasteiger partial charge is 0.207 e. The van der Waals surface area contributed by atoms with Crippen LogP contribution in [0.2, 0.25) is 0 Å². The van der Waals surface area contributed by atoms with E-state index in [4.69, 9.17) is 11.6 Å². The van der Waals surface area contributed by atoms with E-state index in [1.165, 1.54) is 12.1 Å². The van der Waals surface area contributed by atoms with Gasteiger partial charge >= 0.3 is 0 Å². The van der Waals surface area contributed by atoms with Crippen LogP contribution in [0.4, 0.5) is 4.39 Å². The highest BCUT2D eigenvalue weighted by Gasteiger charge is 1.95. The van der Waals surface area contributed by atoms with Crippen LogP contribution in [0.5, 0.6) is 0 Å². The first-order chi connectivity index (χ1) is 6.24. The van der Waals surface area contributed by atoms with Gasteiger partial charge in [-0.15, -0.1) is 11.6 Å². The Labute approximate surface area is 83.0 Å². The number of alkyl halides is 1. The number of halogens is 2. The Hall–Kier alpha value is -0.820. The van der Waals surface area contributed by atoms with E-state index in [0.29, 0.717) is 5.88 Å². The Balaban J connectivity index is 2.77. The molecular formula is C11H12ClF. The molecule has 1 aromatic carbocycles. The van der Waals surface area contributed by atoms with Crippen molar-refractivity contribution < 1.29 is 4.39 Å². The predicted molar refractivity (Wildman–Crippen MR) is 55.5 cm³/mol. The second-order valence-corrected chi connectivity index (χ2v) is 3.26. The molecule has 0 aliphatic rings. The summed E-state index contributed by atoms with van der Waals surface area (Å²) < 4.78 is 12.7. The zero-order valence-corrected chi connectivity index (χ0v) is 8.31. The third-order valence-corrected chi connectivity index (χ3v) is 2.02. The van der Waals surface area contributed by atoms with Gasteiger partial charge in [0.25, 0.3) is 0 Å². The fraction of sp³-hybridized carbons (Fsp3) is 0.273. The van der Waals surface area contributed by atoms with E-state index in [9.17, 15) is 4.39 Å². The SMILES string of the molecule is Cc1cc(F)ccc1/C=C/CCCl. The summed E-state index contributed by atoms with van der Waals surface area (Å²) in [7, 11) is 0. The minimum atomic E-state index is -0.188. The lowest BCUT2D eigenvalue weighted by Gasteiger charge is -1.99. The summed E-state index contributed by atoms with van der Waals surface area (Å²) in [6.07, 6.45) is 4.81. The molecule has 0 nitrogen and oxygen atoms in total. The van der Waals surface area contributed by atoms with Gasteiger partial charge in [0.2, 0.25) is 0 Å². The second-order valence-electron chi connectivity index (χ2n) is 2.88. The Bertz CT molecular complexity index is 305. The molecular weight excluding hydrogens is 187 g/mol. The smallest absolute Gasteiger partial charge is 0.123 e. The summed E-state index contributed by atoms with van der Waals surface area (Å²) in [6.45, 7) is 1.89. The molecule has 0 radical (unpaired) electrons. The van der Waals surface area contributed by atoms with Gasteiger partial charge in [-0.1, -0.05) is 18.2 Å². The van der Waals surface area contributed by atoms with Gasteiger partial charge in [-0.25, -0.2) is 4.39 Å². The van der Waals surface area contributed by atoms with Crippen LogP contribution < -0.4 is 0 Å². The number of rotatable bonds is 3. The van der Waals surface area contributed by atoms with E-state index in [0.717, 1.165) is 17.5 Å². The molecule has 1 rings (SSSR count). The van der Waals surface area contributed by atoms with Crippen molar-refractivity contribution in [3.05, 3.63) is 41.2 Å². The van der Waals surface area contributed by atoms with Gasteiger partial charge in [-0.3, -0.25) is 0 Å². The van der Waals surface area contributed by atoms with Gasteiger partial charge in [0.05, 0.1) is 0 Å². The Morgan fingerprint density at radius 2 is 2.23 bits per heavy atom. The molecule has 0 aliphatic carbocycles. The molecule has 0 N–H and O–H groups in total. The van der Waals surface area contributed by atoms with Crippen LogP contribution >= 0.6 is 11.6 Å². The van der Waals surface area contributed by atoms with Gasteiger partial charge in [-0.05, 0) is 36.6 Å². The predicted octanol–water partition coefficient (Wildman–Crippen LogP) is 3.78. The second kappa shape index (κ2) is 5.03. The number of benzene rings is 1. The number of allylic oxidation sites excluding steroid dienone is 1. The molecule has 0 aliphatic heterocycles. The number of aryl methyl sites for hydroxylation is 1. The lowest BCUT2D eigenvalue weighted by Crippen LogP contribution is -1.82. The highest BCUT2D eigenvalue weighted by molar-refractivity contribution is 6.17. The third-order valence-electron chi connectivity index (χ3n) is 1.81. The van der Waals surface area contributed by atoms with E-state index in [2.05, 4.69) is 0 Å². The monoisotopic (exact) mass is 198 g/mol. The van der Waals surface area contributed by atoms with Crippen molar-refractivity contribution in [2.45, 2.75) is 13.3 Å². The summed E-state index contributed by atoms with van der Waals surface area (Å²) >= 11 is 5.52. The van der Waals surface area contributed by atoms with Gasteiger partial charge < -0.3 is 0 Å². The Kier molecular flexibility index (Phi) is 3.97. The average Bonchev–Trinajstić information content (AvgIpc) is 2.09. The van der Waals surface area contributed by atoms with Gasteiger partial charge in [-0.2, -0.15) is 0 Å². The third kappa shape index (κ3) is 3.19. The maximum atomic E-state index is 12.7. The fourth-order valence-corrected chi connectivity index (χ4v) is 1.23. The van der Waals surface area contributed by atoms with Crippen molar-refractivity contribution in [2.24, 2.45) is 0 Å². The maximum absolute atomic E-state index is 12.7. The van der Waals surface area contributed by atoms with Gasteiger partial charge in [0.1, 0.15) is 5.82 Å². The highest BCUT2D eigenvalue weighted by atomic mass is 35.5. The first-order valence-electron chi connectivity index (χ1n) is 4.22. The van der Waals surface area contributed by atoms with E-state index >= 15 is 0 Å². The molecule has 0 spiro atoms. The summed E-state index contributed by atoms with van der Waals surface area (Å²) in [5, 5.41) is 0. The van der Waals surface area contributed by atoms with Crippen molar-refractivity contribution >= 4 is 17.7 Å². The van der Waals surface area contributed by atoms with Crippen LogP contribution in [0.1, 0.15) is 17.5 Å². The van der Waals surface area contributed by atoms with E-state index in [1.54, 1.807) is 6.07 Å². The Morgan fingerprint density at radius 1 is 1.46 bits per heavy atom. The molecule has 70 valence electrons. The summed E-state index contributed by atoms with van der Waals surface area (Å²) in [4.78, 5) is 0. The zero-order valence-electron chi connectivity index (χ0n) is 7.56. The van der Waals surface area contributed by atoms with E-state index in [1.807, 2.05) is 19.1 Å². The fourth-order valence-electron chi connectivity index (χ4n) is 1.10. The molecule has 0 heterocycles. The molecule has 0 aromatic heterocycles. The lowest BCUT2D eigenvalue weighted by molar-refractivity contribution is 0.626. The Morgan fingerprint density at radius 3 is 2.85 bits per heavy atom. The maximum Gasteiger partial charge on any atom is 0.123 e. The molecule has 0 unspecified atom stereocenters. The van der Waals surface area contributed by atoms with E-state index in [-0.39, 0.29) is 5.82 Å². The summed E-state index contributed by atoms with van der Waals surface area (Å²) in [5.74, 6) is 0.434. The quantitative estimate of drug-likeness (QED) is 0.649. The van der Waals surface area contributed by atoms with Gasteiger partial charge in [0.15, 0.2) is 0 Å². The molecule has 0 amide bonds. The molecule has 13 heavy (non-hydrogen) atoms. The minimum Gasteiger partial charge on any atom is -0.207 e. The first kappa shape index (κ1) is 10.3. The van der Waals surface area contributed by atoms with Crippen LogP contribution in [-0.4, -0.2) is 5.88 Å². The molecule has 0 fully saturated rings. The van der Waals surface area contributed by atoms with Crippen LogP contribution in [0.3, 0.4) is 0 Å². The topological polar surface area (TPSA) is 0 Å². The molecule has 0 saturated carbocycles. The lowest BCUT2D eigenvalue weighted by atomic mass is 10.1. The van der Waals surface area contributed by atoms with Crippen molar-refractivity contribution in [2.75, 3.05) is 5.88 Å². The summed E-state index contributed by atoms with van der Waals surface area (Å²) in [6, 6.07) is 4.77. The molecule has 2 heteroatoms. The van der Waals surface area contributed by atoms with Crippen molar-refractivity contribution in [1.29, 1.82) is 0 Å². The zero-order chi connectivity index (χ0) is 9.68. The van der Waals surface area contributed by atoms with Crippen molar-refractivity contribution in [3.8, 4) is 0 Å². The normalized spacial score (nSPS) is 11.0. The highest BCUT2D eigenvalue weighted by Crippen LogP contribution is 2.11. The van der Waals surface area contributed by atoms with Crippen molar-refractivity contribution in [3.63, 3.8) is 0 Å². The molecule has 1 aromatic rings. The van der Waals surface area contributed by atoms with Crippen LogP contribution in [0.15, 0.2) is 24.3 Å².